The highest BCUT2D eigenvalue weighted by Crippen LogP contribution is 2.05. The number of benzene rings is 1. The molecule has 1 aromatic carbocycles. The number of hydrogen-bond donors (Lipinski definition) is 1. The third-order valence-corrected chi connectivity index (χ3v) is 1.84. The van der Waals surface area contributed by atoms with E-state index in [4.69, 9.17) is 0 Å². The van der Waals surface area contributed by atoms with E-state index in [2.05, 4.69) is 0 Å². The second-order valence-electron chi connectivity index (χ2n) is 3.25. The van der Waals surface area contributed by atoms with Crippen LogP contribution in [0.4, 0.5) is 0 Å². The molecule has 1 aromatic rings. The molecule has 70 valence electrons. The van der Waals surface area contributed by atoms with Gasteiger partial charge in [0.15, 0.2) is 0 Å². The lowest BCUT2D eigenvalue weighted by molar-refractivity contribution is -0.118. The molecular formula is C11H14O2. The molecule has 0 amide bonds. The summed E-state index contributed by atoms with van der Waals surface area (Å²) in [6, 6.07) is 9.68. The number of carbonyl (C=O) groups is 1. The summed E-state index contributed by atoms with van der Waals surface area (Å²) in [5.41, 5.74) is 1.07. The van der Waals surface area contributed by atoms with Crippen molar-refractivity contribution in [1.29, 1.82) is 0 Å². The fraction of sp³-hybridized carbons (Fsp3) is 0.364. The lowest BCUT2D eigenvalue weighted by Gasteiger charge is -2.07. The van der Waals surface area contributed by atoms with E-state index in [1.807, 2.05) is 30.3 Å². The summed E-state index contributed by atoms with van der Waals surface area (Å²) in [5.74, 6) is 0.0310. The van der Waals surface area contributed by atoms with E-state index in [1.165, 1.54) is 6.92 Å². The van der Waals surface area contributed by atoms with Gasteiger partial charge in [0.05, 0.1) is 6.10 Å². The SMILES string of the molecule is CC(=O)CC(O)Cc1ccccc1. The van der Waals surface area contributed by atoms with Gasteiger partial charge in [-0.3, -0.25) is 4.79 Å². The van der Waals surface area contributed by atoms with E-state index in [1.54, 1.807) is 0 Å². The van der Waals surface area contributed by atoms with Crippen LogP contribution in [0.25, 0.3) is 0 Å². The number of aliphatic hydroxyl groups is 1. The van der Waals surface area contributed by atoms with Gasteiger partial charge in [-0.1, -0.05) is 30.3 Å². The Balaban J connectivity index is 2.45. The number of aliphatic hydroxyl groups excluding tert-OH is 1. The molecule has 1 rings (SSSR count). The highest BCUT2D eigenvalue weighted by molar-refractivity contribution is 5.75. The van der Waals surface area contributed by atoms with Crippen LogP contribution in [-0.4, -0.2) is 17.0 Å². The second kappa shape index (κ2) is 4.77. The molecule has 0 aliphatic rings. The van der Waals surface area contributed by atoms with Crippen LogP contribution in [0, 0.1) is 0 Å². The van der Waals surface area contributed by atoms with Crippen LogP contribution in [-0.2, 0) is 11.2 Å². The molecule has 0 spiro atoms. The summed E-state index contributed by atoms with van der Waals surface area (Å²) < 4.78 is 0. The Morgan fingerprint density at radius 3 is 2.54 bits per heavy atom. The maximum absolute atomic E-state index is 10.7. The van der Waals surface area contributed by atoms with Crippen molar-refractivity contribution in [3.8, 4) is 0 Å². The van der Waals surface area contributed by atoms with Gasteiger partial charge in [-0.25, -0.2) is 0 Å². The Labute approximate surface area is 78.2 Å². The molecule has 1 atom stereocenters. The molecule has 0 aliphatic heterocycles. The fourth-order valence-electron chi connectivity index (χ4n) is 1.29. The standard InChI is InChI=1S/C11H14O2/c1-9(12)7-11(13)8-10-5-3-2-4-6-10/h2-6,11,13H,7-8H2,1H3. The summed E-state index contributed by atoms with van der Waals surface area (Å²) in [6.45, 7) is 1.49. The third kappa shape index (κ3) is 3.85. The number of ketones is 1. The molecule has 0 fully saturated rings. The van der Waals surface area contributed by atoms with Crippen LogP contribution in [0.3, 0.4) is 0 Å². The van der Waals surface area contributed by atoms with Gasteiger partial charge in [-0.15, -0.1) is 0 Å². The first kappa shape index (κ1) is 9.93. The molecule has 0 saturated heterocycles. The normalized spacial score (nSPS) is 12.5. The second-order valence-corrected chi connectivity index (χ2v) is 3.25. The van der Waals surface area contributed by atoms with Crippen molar-refractivity contribution in [3.63, 3.8) is 0 Å². The summed E-state index contributed by atoms with van der Waals surface area (Å²) in [7, 11) is 0. The predicted molar refractivity (Wildman–Crippen MR) is 51.5 cm³/mol. The van der Waals surface area contributed by atoms with Gasteiger partial charge in [0.1, 0.15) is 5.78 Å². The number of carbonyl (C=O) groups excluding carboxylic acids is 1. The van der Waals surface area contributed by atoms with E-state index in [0.717, 1.165) is 5.56 Å². The van der Waals surface area contributed by atoms with Gasteiger partial charge >= 0.3 is 0 Å². The van der Waals surface area contributed by atoms with Crippen LogP contribution < -0.4 is 0 Å². The lowest BCUT2D eigenvalue weighted by Crippen LogP contribution is -2.14. The van der Waals surface area contributed by atoms with E-state index < -0.39 is 6.10 Å². The zero-order valence-electron chi connectivity index (χ0n) is 7.73. The topological polar surface area (TPSA) is 37.3 Å². The van der Waals surface area contributed by atoms with Crippen LogP contribution in [0.1, 0.15) is 18.9 Å². The maximum Gasteiger partial charge on any atom is 0.132 e. The van der Waals surface area contributed by atoms with Gasteiger partial charge in [0, 0.05) is 6.42 Å². The first-order valence-corrected chi connectivity index (χ1v) is 4.40. The quantitative estimate of drug-likeness (QED) is 0.759. The van der Waals surface area contributed by atoms with E-state index in [9.17, 15) is 9.90 Å². The first-order chi connectivity index (χ1) is 6.18. The molecule has 0 aliphatic carbocycles. The van der Waals surface area contributed by atoms with Gasteiger partial charge in [-0.2, -0.15) is 0 Å². The van der Waals surface area contributed by atoms with Crippen molar-refractivity contribution in [2.75, 3.05) is 0 Å². The minimum Gasteiger partial charge on any atom is -0.392 e. The van der Waals surface area contributed by atoms with E-state index in [-0.39, 0.29) is 12.2 Å². The van der Waals surface area contributed by atoms with Gasteiger partial charge in [0.25, 0.3) is 0 Å². The zero-order chi connectivity index (χ0) is 9.68. The third-order valence-electron chi connectivity index (χ3n) is 1.84. The number of Topliss-reactive ketones (excluding diaryl/α,β-unsaturated/α-hetero) is 1. The summed E-state index contributed by atoms with van der Waals surface area (Å²) >= 11 is 0. The molecule has 0 radical (unpaired) electrons. The molecule has 1 N–H and O–H groups in total. The average Bonchev–Trinajstić information content (AvgIpc) is 2.04. The highest BCUT2D eigenvalue weighted by atomic mass is 16.3. The van der Waals surface area contributed by atoms with Crippen molar-refractivity contribution < 1.29 is 9.90 Å². The number of hydrogen-bond acceptors (Lipinski definition) is 2. The lowest BCUT2D eigenvalue weighted by atomic mass is 10.0. The fourth-order valence-corrected chi connectivity index (χ4v) is 1.29. The summed E-state index contributed by atoms with van der Waals surface area (Å²) in [5, 5.41) is 9.45. The molecule has 13 heavy (non-hydrogen) atoms. The number of rotatable bonds is 4. The van der Waals surface area contributed by atoms with Crippen LogP contribution >= 0.6 is 0 Å². The monoisotopic (exact) mass is 178 g/mol. The van der Waals surface area contributed by atoms with Gasteiger partial charge in [-0.05, 0) is 18.9 Å². The molecule has 2 heteroatoms. The van der Waals surface area contributed by atoms with Crippen molar-refractivity contribution in [2.45, 2.75) is 25.9 Å². The van der Waals surface area contributed by atoms with Crippen molar-refractivity contribution in [2.24, 2.45) is 0 Å². The average molecular weight is 178 g/mol. The first-order valence-electron chi connectivity index (χ1n) is 4.40. The summed E-state index contributed by atoms with van der Waals surface area (Å²) in [4.78, 5) is 10.7. The minimum absolute atomic E-state index is 0.0310. The highest BCUT2D eigenvalue weighted by Gasteiger charge is 2.07. The largest absolute Gasteiger partial charge is 0.392 e. The molecule has 0 aromatic heterocycles. The molecule has 0 saturated carbocycles. The van der Waals surface area contributed by atoms with E-state index >= 15 is 0 Å². The molecule has 0 bridgehead atoms. The molecule has 0 heterocycles. The van der Waals surface area contributed by atoms with Gasteiger partial charge in [0.2, 0.25) is 0 Å². The Hall–Kier alpha value is -1.15. The van der Waals surface area contributed by atoms with E-state index in [0.29, 0.717) is 6.42 Å². The molecule has 2 nitrogen and oxygen atoms in total. The zero-order valence-corrected chi connectivity index (χ0v) is 7.73. The Morgan fingerprint density at radius 1 is 1.38 bits per heavy atom. The smallest absolute Gasteiger partial charge is 0.132 e. The van der Waals surface area contributed by atoms with Crippen LogP contribution in [0.2, 0.25) is 0 Å². The Morgan fingerprint density at radius 2 is 2.00 bits per heavy atom. The maximum atomic E-state index is 10.7. The van der Waals surface area contributed by atoms with Crippen LogP contribution in [0.5, 0.6) is 0 Å². The summed E-state index contributed by atoms with van der Waals surface area (Å²) in [6.07, 6.45) is 0.259. The van der Waals surface area contributed by atoms with Crippen LogP contribution in [0.15, 0.2) is 30.3 Å². The van der Waals surface area contributed by atoms with Crippen molar-refractivity contribution in [1.82, 2.24) is 0 Å². The van der Waals surface area contributed by atoms with Gasteiger partial charge < -0.3 is 5.11 Å². The Bertz CT molecular complexity index is 267. The van der Waals surface area contributed by atoms with Crippen molar-refractivity contribution >= 4 is 5.78 Å². The molecular weight excluding hydrogens is 164 g/mol. The van der Waals surface area contributed by atoms with Crippen molar-refractivity contribution in [3.05, 3.63) is 35.9 Å². The molecule has 1 unspecified atom stereocenters. The minimum atomic E-state index is -0.542. The predicted octanol–water partition coefficient (Wildman–Crippen LogP) is 1.57. The Kier molecular flexibility index (Phi) is 3.65.